The first-order chi connectivity index (χ1) is 14.6. The fourth-order valence-corrected chi connectivity index (χ4v) is 2.34. The number of rotatable bonds is 7. The Kier molecular flexibility index (Phi) is 7.72. The number of hydrogen-bond acceptors (Lipinski definition) is 5. The molecule has 0 aliphatic carbocycles. The Morgan fingerprint density at radius 3 is 2.23 bits per heavy atom. The Balaban J connectivity index is 1.78. The van der Waals surface area contributed by atoms with E-state index in [9.17, 15) is 32.3 Å². The van der Waals surface area contributed by atoms with Crippen LogP contribution in [0.2, 0.25) is 0 Å². The zero-order chi connectivity index (χ0) is 23.0. The van der Waals surface area contributed by atoms with Gasteiger partial charge in [-0.05, 0) is 42.5 Å². The number of esters is 1. The van der Waals surface area contributed by atoms with Gasteiger partial charge in [-0.1, -0.05) is 6.07 Å². The maximum Gasteiger partial charge on any atom is 0.416 e. The third kappa shape index (κ3) is 7.14. The van der Waals surface area contributed by atoms with Crippen LogP contribution in [0, 0.1) is 0 Å². The summed E-state index contributed by atoms with van der Waals surface area (Å²) in [7, 11) is 1.46. The molecule has 0 saturated heterocycles. The van der Waals surface area contributed by atoms with Gasteiger partial charge in [0.25, 0.3) is 17.7 Å². The highest BCUT2D eigenvalue weighted by atomic mass is 19.4. The molecule has 31 heavy (non-hydrogen) atoms. The van der Waals surface area contributed by atoms with Crippen molar-refractivity contribution in [3.8, 4) is 0 Å². The van der Waals surface area contributed by atoms with Crippen molar-refractivity contribution in [3.63, 3.8) is 0 Å². The minimum atomic E-state index is -4.52. The lowest BCUT2D eigenvalue weighted by Gasteiger charge is -2.09. The van der Waals surface area contributed by atoms with E-state index in [0.717, 1.165) is 24.3 Å². The van der Waals surface area contributed by atoms with Crippen molar-refractivity contribution in [2.24, 2.45) is 0 Å². The molecule has 11 heteroatoms. The molecule has 0 aliphatic heterocycles. The van der Waals surface area contributed by atoms with Crippen LogP contribution in [0.5, 0.6) is 0 Å². The molecule has 2 aromatic rings. The van der Waals surface area contributed by atoms with E-state index >= 15 is 0 Å². The van der Waals surface area contributed by atoms with Gasteiger partial charge in [-0.25, -0.2) is 0 Å². The number of alkyl halides is 3. The van der Waals surface area contributed by atoms with Gasteiger partial charge in [0.2, 0.25) is 0 Å². The zero-order valence-corrected chi connectivity index (χ0v) is 16.2. The largest absolute Gasteiger partial charge is 0.454 e. The van der Waals surface area contributed by atoms with Crippen molar-refractivity contribution < 1.29 is 37.1 Å². The number of hydrogen-bond donors (Lipinski definition) is 3. The fourth-order valence-electron chi connectivity index (χ4n) is 2.34. The molecule has 0 heterocycles. The summed E-state index contributed by atoms with van der Waals surface area (Å²) in [6, 6.07) is 9.53. The van der Waals surface area contributed by atoms with Gasteiger partial charge in [-0.3, -0.25) is 19.2 Å². The van der Waals surface area contributed by atoms with E-state index in [4.69, 9.17) is 4.74 Å². The number of nitrogens with one attached hydrogen (secondary N) is 3. The monoisotopic (exact) mass is 437 g/mol. The van der Waals surface area contributed by atoms with Crippen molar-refractivity contribution in [2.45, 2.75) is 6.18 Å². The van der Waals surface area contributed by atoms with Gasteiger partial charge in [0, 0.05) is 23.9 Å². The molecule has 0 bridgehead atoms. The summed E-state index contributed by atoms with van der Waals surface area (Å²) in [4.78, 5) is 47.0. The van der Waals surface area contributed by atoms with Crippen molar-refractivity contribution in [1.29, 1.82) is 0 Å². The normalized spacial score (nSPS) is 10.7. The Hall–Kier alpha value is -3.89. The fraction of sp³-hybridized carbons (Fsp3) is 0.200. The molecule has 0 saturated carbocycles. The van der Waals surface area contributed by atoms with E-state index in [-0.39, 0.29) is 11.5 Å². The van der Waals surface area contributed by atoms with Crippen molar-refractivity contribution in [2.75, 3.05) is 25.5 Å². The van der Waals surface area contributed by atoms with Crippen molar-refractivity contribution in [1.82, 2.24) is 10.6 Å². The Bertz CT molecular complexity index is 975. The van der Waals surface area contributed by atoms with E-state index in [1.165, 1.54) is 19.2 Å². The molecule has 8 nitrogen and oxygen atoms in total. The van der Waals surface area contributed by atoms with Crippen LogP contribution in [-0.4, -0.2) is 43.9 Å². The molecule has 2 rings (SSSR count). The quantitative estimate of drug-likeness (QED) is 0.574. The summed E-state index contributed by atoms with van der Waals surface area (Å²) in [5.74, 6) is -2.71. The highest BCUT2D eigenvalue weighted by Gasteiger charge is 2.30. The number of ether oxygens (including phenoxy) is 1. The van der Waals surface area contributed by atoms with Crippen LogP contribution in [0.25, 0.3) is 0 Å². The van der Waals surface area contributed by atoms with E-state index in [0.29, 0.717) is 11.3 Å². The van der Waals surface area contributed by atoms with Crippen LogP contribution in [0.15, 0.2) is 48.5 Å². The van der Waals surface area contributed by atoms with E-state index in [1.807, 2.05) is 0 Å². The topological polar surface area (TPSA) is 114 Å². The molecule has 0 fully saturated rings. The SMILES string of the molecule is CNC(=O)c1cccc(NC(=O)COC(=O)CNC(=O)c2ccc(C(F)(F)F)cc2)c1. The van der Waals surface area contributed by atoms with Crippen LogP contribution < -0.4 is 16.0 Å². The number of carbonyl (C=O) groups is 4. The molecule has 0 aromatic heterocycles. The van der Waals surface area contributed by atoms with Gasteiger partial charge in [-0.2, -0.15) is 13.2 Å². The van der Waals surface area contributed by atoms with Crippen LogP contribution in [-0.2, 0) is 20.5 Å². The first-order valence-corrected chi connectivity index (χ1v) is 8.83. The first-order valence-electron chi connectivity index (χ1n) is 8.83. The lowest BCUT2D eigenvalue weighted by atomic mass is 10.1. The molecule has 0 radical (unpaired) electrons. The van der Waals surface area contributed by atoms with Crippen LogP contribution >= 0.6 is 0 Å². The van der Waals surface area contributed by atoms with Crippen molar-refractivity contribution in [3.05, 3.63) is 65.2 Å². The minimum absolute atomic E-state index is 0.0745. The predicted octanol–water partition coefficient (Wildman–Crippen LogP) is 1.98. The number of benzene rings is 2. The number of halogens is 3. The van der Waals surface area contributed by atoms with Gasteiger partial charge in [0.05, 0.1) is 5.56 Å². The maximum absolute atomic E-state index is 12.5. The van der Waals surface area contributed by atoms with Crippen molar-refractivity contribution >= 4 is 29.4 Å². The van der Waals surface area contributed by atoms with E-state index in [1.54, 1.807) is 12.1 Å². The highest BCUT2D eigenvalue weighted by Crippen LogP contribution is 2.29. The van der Waals surface area contributed by atoms with Gasteiger partial charge >= 0.3 is 12.1 Å². The molecule has 164 valence electrons. The summed E-state index contributed by atoms with van der Waals surface area (Å²) >= 11 is 0. The molecule has 2 aromatic carbocycles. The predicted molar refractivity (Wildman–Crippen MR) is 103 cm³/mol. The third-order valence-electron chi connectivity index (χ3n) is 3.87. The summed E-state index contributed by atoms with van der Waals surface area (Å²) in [6.07, 6.45) is -4.52. The summed E-state index contributed by atoms with van der Waals surface area (Å²) in [6.45, 7) is -1.22. The molecular weight excluding hydrogens is 419 g/mol. The second-order valence-electron chi connectivity index (χ2n) is 6.13. The molecule has 3 N–H and O–H groups in total. The van der Waals surface area contributed by atoms with E-state index in [2.05, 4.69) is 16.0 Å². The molecule has 0 atom stereocenters. The van der Waals surface area contributed by atoms with Gasteiger partial charge in [0.15, 0.2) is 6.61 Å². The summed E-state index contributed by atoms with van der Waals surface area (Å²) < 4.78 is 42.3. The Labute approximate surface area is 174 Å². The zero-order valence-electron chi connectivity index (χ0n) is 16.2. The summed E-state index contributed by atoms with van der Waals surface area (Å²) in [5.41, 5.74) is -0.342. The maximum atomic E-state index is 12.5. The Morgan fingerprint density at radius 2 is 1.61 bits per heavy atom. The highest BCUT2D eigenvalue weighted by molar-refractivity contribution is 5.98. The molecular formula is C20H18F3N3O5. The standard InChI is InChI=1S/C20H18F3N3O5/c1-24-18(29)13-3-2-4-15(9-13)26-16(27)11-31-17(28)10-25-19(30)12-5-7-14(8-6-12)20(21,22)23/h2-9H,10-11H2,1H3,(H,24,29)(H,25,30)(H,26,27). The molecule has 3 amide bonds. The molecule has 0 unspecified atom stereocenters. The lowest BCUT2D eigenvalue weighted by Crippen LogP contribution is -2.32. The third-order valence-corrected chi connectivity index (χ3v) is 3.87. The number of carbonyl (C=O) groups excluding carboxylic acids is 4. The van der Waals surface area contributed by atoms with Gasteiger partial charge in [0.1, 0.15) is 6.54 Å². The minimum Gasteiger partial charge on any atom is -0.454 e. The Morgan fingerprint density at radius 1 is 0.935 bits per heavy atom. The van der Waals surface area contributed by atoms with E-state index < -0.39 is 42.7 Å². The second kappa shape index (κ2) is 10.2. The average Bonchev–Trinajstić information content (AvgIpc) is 2.75. The number of anilines is 1. The lowest BCUT2D eigenvalue weighted by molar-refractivity contribution is -0.146. The summed E-state index contributed by atoms with van der Waals surface area (Å²) in [5, 5.41) is 7.08. The van der Waals surface area contributed by atoms with Gasteiger partial charge < -0.3 is 20.7 Å². The van der Waals surface area contributed by atoms with Crippen LogP contribution in [0.3, 0.4) is 0 Å². The second-order valence-corrected chi connectivity index (χ2v) is 6.13. The molecule has 0 aliphatic rings. The average molecular weight is 437 g/mol. The number of amides is 3. The molecule has 0 spiro atoms. The van der Waals surface area contributed by atoms with Gasteiger partial charge in [-0.15, -0.1) is 0 Å². The smallest absolute Gasteiger partial charge is 0.416 e. The first kappa shape index (κ1) is 23.4. The van der Waals surface area contributed by atoms with Crippen LogP contribution in [0.4, 0.5) is 18.9 Å². The van der Waals surface area contributed by atoms with Crippen LogP contribution in [0.1, 0.15) is 26.3 Å².